The molecular formula is C19H21N5O2. The van der Waals surface area contributed by atoms with Gasteiger partial charge in [-0.2, -0.15) is 4.98 Å². The van der Waals surface area contributed by atoms with E-state index in [0.29, 0.717) is 25.0 Å². The zero-order valence-corrected chi connectivity index (χ0v) is 14.6. The number of nitrogens with zero attached hydrogens (tertiary/aromatic N) is 4. The third kappa shape index (κ3) is 3.67. The Balaban J connectivity index is 1.42. The minimum Gasteiger partial charge on any atom is -0.473 e. The van der Waals surface area contributed by atoms with Crippen molar-refractivity contribution in [3.63, 3.8) is 0 Å². The number of nitrogens with one attached hydrogen (secondary N) is 1. The van der Waals surface area contributed by atoms with Crippen LogP contribution in [0, 0.1) is 0 Å². The lowest BCUT2D eigenvalue weighted by Crippen LogP contribution is -2.26. The predicted molar refractivity (Wildman–Crippen MR) is 96.7 cm³/mol. The summed E-state index contributed by atoms with van der Waals surface area (Å²) in [6.45, 7) is 1.15. The van der Waals surface area contributed by atoms with Crippen LogP contribution in [0.15, 0.2) is 55.0 Å². The summed E-state index contributed by atoms with van der Waals surface area (Å²) in [5.74, 6) is 1.97. The molecule has 0 saturated carbocycles. The SMILES string of the molecule is Cn1ccnc1[C@H]1OCC[C@@H]1Nc1nccc(OCc2ccccc2)n1. The lowest BCUT2D eigenvalue weighted by molar-refractivity contribution is 0.0982. The number of rotatable bonds is 6. The van der Waals surface area contributed by atoms with E-state index < -0.39 is 0 Å². The smallest absolute Gasteiger partial charge is 0.226 e. The second-order valence-electron chi connectivity index (χ2n) is 6.22. The summed E-state index contributed by atoms with van der Waals surface area (Å²) >= 11 is 0. The van der Waals surface area contributed by atoms with E-state index in [-0.39, 0.29) is 12.1 Å². The van der Waals surface area contributed by atoms with Crippen LogP contribution in [-0.2, 0) is 18.4 Å². The highest BCUT2D eigenvalue weighted by Crippen LogP contribution is 2.29. The van der Waals surface area contributed by atoms with Crippen molar-refractivity contribution in [3.05, 3.63) is 66.4 Å². The summed E-state index contributed by atoms with van der Waals surface area (Å²) in [5.41, 5.74) is 1.10. The molecule has 2 aromatic heterocycles. The fraction of sp³-hybridized carbons (Fsp3) is 0.316. The molecule has 0 bridgehead atoms. The Morgan fingerprint density at radius 3 is 2.88 bits per heavy atom. The largest absolute Gasteiger partial charge is 0.473 e. The summed E-state index contributed by atoms with van der Waals surface area (Å²) in [7, 11) is 1.97. The maximum atomic E-state index is 5.87. The molecule has 2 atom stereocenters. The topological polar surface area (TPSA) is 74.1 Å². The summed E-state index contributed by atoms with van der Waals surface area (Å²) < 4.78 is 13.6. The Kier molecular flexibility index (Phi) is 4.79. The van der Waals surface area contributed by atoms with Crippen molar-refractivity contribution < 1.29 is 9.47 Å². The van der Waals surface area contributed by atoms with Gasteiger partial charge < -0.3 is 19.4 Å². The fourth-order valence-electron chi connectivity index (χ4n) is 3.03. The van der Waals surface area contributed by atoms with Crippen molar-refractivity contribution in [2.45, 2.75) is 25.2 Å². The van der Waals surface area contributed by atoms with Gasteiger partial charge in [0, 0.05) is 38.3 Å². The molecule has 0 spiro atoms. The molecule has 1 fully saturated rings. The Morgan fingerprint density at radius 1 is 1.19 bits per heavy atom. The van der Waals surface area contributed by atoms with Gasteiger partial charge >= 0.3 is 0 Å². The highest BCUT2D eigenvalue weighted by atomic mass is 16.5. The van der Waals surface area contributed by atoms with Crippen LogP contribution in [0.5, 0.6) is 5.88 Å². The Labute approximate surface area is 152 Å². The van der Waals surface area contributed by atoms with Gasteiger partial charge in [-0.25, -0.2) is 9.97 Å². The van der Waals surface area contributed by atoms with Gasteiger partial charge in [0.05, 0.1) is 6.04 Å². The summed E-state index contributed by atoms with van der Waals surface area (Å²) in [6, 6.07) is 11.8. The first-order chi connectivity index (χ1) is 12.8. The molecule has 1 aliphatic rings. The molecule has 3 aromatic rings. The molecule has 4 rings (SSSR count). The Bertz CT molecular complexity index is 852. The molecular weight excluding hydrogens is 330 g/mol. The van der Waals surface area contributed by atoms with Crippen LogP contribution in [-0.4, -0.2) is 32.2 Å². The minimum absolute atomic E-state index is 0.0699. The standard InChI is InChI=1S/C19H21N5O2/c1-24-11-10-20-18(24)17-15(8-12-25-17)22-19-21-9-7-16(23-19)26-13-14-5-3-2-4-6-14/h2-7,9-11,15,17H,8,12-13H2,1H3,(H,21,22,23)/t15-,17-/m0/s1. The van der Waals surface area contributed by atoms with Gasteiger partial charge in [-0.1, -0.05) is 30.3 Å². The normalized spacial score (nSPS) is 19.4. The molecule has 0 unspecified atom stereocenters. The van der Waals surface area contributed by atoms with E-state index in [4.69, 9.17) is 9.47 Å². The van der Waals surface area contributed by atoms with Crippen LogP contribution < -0.4 is 10.1 Å². The Hall–Kier alpha value is -2.93. The van der Waals surface area contributed by atoms with E-state index in [1.807, 2.05) is 48.1 Å². The maximum Gasteiger partial charge on any atom is 0.226 e. The second kappa shape index (κ2) is 7.53. The van der Waals surface area contributed by atoms with Gasteiger partial charge in [0.2, 0.25) is 11.8 Å². The van der Waals surface area contributed by atoms with E-state index in [1.54, 1.807) is 18.5 Å². The minimum atomic E-state index is -0.118. The molecule has 1 aromatic carbocycles. The molecule has 134 valence electrons. The number of hydrogen-bond acceptors (Lipinski definition) is 6. The van der Waals surface area contributed by atoms with Gasteiger partial charge in [0.15, 0.2) is 0 Å². The number of ether oxygens (including phenoxy) is 2. The zero-order valence-electron chi connectivity index (χ0n) is 14.6. The van der Waals surface area contributed by atoms with Crippen molar-refractivity contribution in [3.8, 4) is 5.88 Å². The Morgan fingerprint density at radius 2 is 2.08 bits per heavy atom. The van der Waals surface area contributed by atoms with Crippen LogP contribution in [0.25, 0.3) is 0 Å². The molecule has 1 N–H and O–H groups in total. The number of aromatic nitrogens is 4. The first-order valence-electron chi connectivity index (χ1n) is 8.65. The van der Waals surface area contributed by atoms with E-state index in [2.05, 4.69) is 20.3 Å². The third-order valence-corrected chi connectivity index (χ3v) is 4.38. The lowest BCUT2D eigenvalue weighted by atomic mass is 10.1. The predicted octanol–water partition coefficient (Wildman–Crippen LogP) is 2.73. The highest BCUT2D eigenvalue weighted by Gasteiger charge is 2.32. The van der Waals surface area contributed by atoms with Crippen LogP contribution >= 0.6 is 0 Å². The third-order valence-electron chi connectivity index (χ3n) is 4.38. The van der Waals surface area contributed by atoms with Crippen molar-refractivity contribution in [1.29, 1.82) is 0 Å². The molecule has 1 aliphatic heterocycles. The van der Waals surface area contributed by atoms with Crippen LogP contribution in [0.3, 0.4) is 0 Å². The van der Waals surface area contributed by atoms with E-state index in [1.165, 1.54) is 0 Å². The molecule has 0 amide bonds. The molecule has 0 radical (unpaired) electrons. The van der Waals surface area contributed by atoms with Gasteiger partial charge in [-0.05, 0) is 12.0 Å². The highest BCUT2D eigenvalue weighted by molar-refractivity contribution is 5.30. The molecule has 7 nitrogen and oxygen atoms in total. The lowest BCUT2D eigenvalue weighted by Gasteiger charge is -2.19. The monoisotopic (exact) mass is 351 g/mol. The number of hydrogen-bond donors (Lipinski definition) is 1. The van der Waals surface area contributed by atoms with Crippen molar-refractivity contribution >= 4 is 5.95 Å². The number of anilines is 1. The number of aryl methyl sites for hydroxylation is 1. The average molecular weight is 351 g/mol. The van der Waals surface area contributed by atoms with Gasteiger partial charge in [0.1, 0.15) is 18.5 Å². The van der Waals surface area contributed by atoms with E-state index in [9.17, 15) is 0 Å². The van der Waals surface area contributed by atoms with E-state index in [0.717, 1.165) is 17.8 Å². The molecule has 0 aliphatic carbocycles. The van der Waals surface area contributed by atoms with Gasteiger partial charge in [-0.15, -0.1) is 0 Å². The quantitative estimate of drug-likeness (QED) is 0.736. The second-order valence-corrected chi connectivity index (χ2v) is 6.22. The number of benzene rings is 1. The van der Waals surface area contributed by atoms with Crippen LogP contribution in [0.2, 0.25) is 0 Å². The van der Waals surface area contributed by atoms with Gasteiger partial charge in [0.25, 0.3) is 0 Å². The van der Waals surface area contributed by atoms with Gasteiger partial charge in [-0.3, -0.25) is 0 Å². The first-order valence-corrected chi connectivity index (χ1v) is 8.65. The summed E-state index contributed by atoms with van der Waals surface area (Å²) in [4.78, 5) is 13.2. The summed E-state index contributed by atoms with van der Waals surface area (Å²) in [5, 5.41) is 3.36. The molecule has 26 heavy (non-hydrogen) atoms. The maximum absolute atomic E-state index is 5.87. The number of imidazole rings is 1. The van der Waals surface area contributed by atoms with Crippen molar-refractivity contribution in [1.82, 2.24) is 19.5 Å². The molecule has 7 heteroatoms. The first kappa shape index (κ1) is 16.5. The van der Waals surface area contributed by atoms with E-state index >= 15 is 0 Å². The fourth-order valence-corrected chi connectivity index (χ4v) is 3.03. The molecule has 3 heterocycles. The summed E-state index contributed by atoms with van der Waals surface area (Å²) in [6.07, 6.45) is 6.15. The van der Waals surface area contributed by atoms with Crippen LogP contribution in [0.1, 0.15) is 23.9 Å². The van der Waals surface area contributed by atoms with Crippen molar-refractivity contribution in [2.75, 3.05) is 11.9 Å². The zero-order chi connectivity index (χ0) is 17.8. The average Bonchev–Trinajstić information content (AvgIpc) is 3.29. The molecule has 1 saturated heterocycles. The van der Waals surface area contributed by atoms with Crippen LogP contribution in [0.4, 0.5) is 5.95 Å². The van der Waals surface area contributed by atoms with Crippen molar-refractivity contribution in [2.24, 2.45) is 7.05 Å².